The zero-order chi connectivity index (χ0) is 14.4. The van der Waals surface area contributed by atoms with E-state index in [9.17, 15) is 0 Å². The van der Waals surface area contributed by atoms with Gasteiger partial charge in [0.2, 0.25) is 0 Å². The van der Waals surface area contributed by atoms with Gasteiger partial charge in [0.25, 0.3) is 0 Å². The normalized spacial score (nSPS) is 26.4. The minimum absolute atomic E-state index is 0.846. The van der Waals surface area contributed by atoms with Gasteiger partial charge in [0.05, 0.1) is 26.2 Å². The minimum atomic E-state index is 0.846. The SMILES string of the molecule is C[C@H]1C[C@H](C)C[NH+](CCCCOc2ccc(I)cc2)C1. The average molecular weight is 388 g/mol. The lowest BCUT2D eigenvalue weighted by Gasteiger charge is -2.32. The molecule has 1 saturated heterocycles. The van der Waals surface area contributed by atoms with Crippen LogP contribution < -0.4 is 9.64 Å². The summed E-state index contributed by atoms with van der Waals surface area (Å²) in [6.45, 7) is 9.68. The molecule has 2 nitrogen and oxygen atoms in total. The van der Waals surface area contributed by atoms with Gasteiger partial charge in [-0.1, -0.05) is 13.8 Å². The van der Waals surface area contributed by atoms with Gasteiger partial charge in [-0.3, -0.25) is 0 Å². The first-order valence-corrected chi connectivity index (χ1v) is 8.93. The van der Waals surface area contributed by atoms with E-state index in [1.54, 1.807) is 4.90 Å². The first-order chi connectivity index (χ1) is 9.63. The number of ether oxygens (including phenoxy) is 1. The topological polar surface area (TPSA) is 13.7 Å². The average Bonchev–Trinajstić information content (AvgIpc) is 2.39. The van der Waals surface area contributed by atoms with Crippen LogP contribution in [0.15, 0.2) is 24.3 Å². The predicted octanol–water partition coefficient (Wildman–Crippen LogP) is 3.01. The number of nitrogens with one attached hydrogen (secondary N) is 1. The highest BCUT2D eigenvalue weighted by Crippen LogP contribution is 2.14. The second-order valence-electron chi connectivity index (χ2n) is 6.36. The van der Waals surface area contributed by atoms with Crippen LogP contribution in [-0.2, 0) is 0 Å². The molecule has 2 rings (SSSR count). The van der Waals surface area contributed by atoms with Crippen molar-refractivity contribution in [1.29, 1.82) is 0 Å². The largest absolute Gasteiger partial charge is 0.494 e. The quantitative estimate of drug-likeness (QED) is 0.584. The summed E-state index contributed by atoms with van der Waals surface area (Å²) < 4.78 is 7.04. The van der Waals surface area contributed by atoms with E-state index in [1.165, 1.54) is 36.0 Å². The van der Waals surface area contributed by atoms with Crippen molar-refractivity contribution in [3.8, 4) is 5.75 Å². The molecule has 0 unspecified atom stereocenters. The number of benzene rings is 1. The van der Waals surface area contributed by atoms with Crippen molar-refractivity contribution >= 4 is 22.6 Å². The minimum Gasteiger partial charge on any atom is -0.494 e. The fourth-order valence-electron chi connectivity index (χ4n) is 3.32. The highest BCUT2D eigenvalue weighted by molar-refractivity contribution is 14.1. The van der Waals surface area contributed by atoms with Gasteiger partial charge in [0, 0.05) is 15.4 Å². The van der Waals surface area contributed by atoms with Crippen LogP contribution in [0, 0.1) is 15.4 Å². The Labute approximate surface area is 137 Å². The summed E-state index contributed by atoms with van der Waals surface area (Å²) >= 11 is 2.32. The van der Waals surface area contributed by atoms with E-state index in [0.717, 1.165) is 30.6 Å². The fourth-order valence-corrected chi connectivity index (χ4v) is 3.68. The Morgan fingerprint density at radius 2 is 1.75 bits per heavy atom. The summed E-state index contributed by atoms with van der Waals surface area (Å²) in [5, 5.41) is 0. The van der Waals surface area contributed by atoms with Crippen LogP contribution in [0.5, 0.6) is 5.75 Å². The lowest BCUT2D eigenvalue weighted by Crippen LogP contribution is -3.14. The molecule has 0 amide bonds. The molecular formula is C17H27INO+. The van der Waals surface area contributed by atoms with E-state index in [4.69, 9.17) is 4.74 Å². The molecule has 2 atom stereocenters. The molecule has 0 saturated carbocycles. The molecule has 0 spiro atoms. The van der Waals surface area contributed by atoms with Crippen molar-refractivity contribution in [3.63, 3.8) is 0 Å². The molecule has 3 heteroatoms. The van der Waals surface area contributed by atoms with Gasteiger partial charge in [-0.2, -0.15) is 0 Å². The molecule has 1 aromatic rings. The van der Waals surface area contributed by atoms with E-state index in [2.05, 4.69) is 60.7 Å². The number of piperidine rings is 1. The lowest BCUT2D eigenvalue weighted by molar-refractivity contribution is -0.912. The summed E-state index contributed by atoms with van der Waals surface area (Å²) in [5.41, 5.74) is 0. The van der Waals surface area contributed by atoms with Crippen LogP contribution in [-0.4, -0.2) is 26.2 Å². The van der Waals surface area contributed by atoms with E-state index in [-0.39, 0.29) is 0 Å². The molecule has 1 aliphatic rings. The Bertz CT molecular complexity index is 382. The first-order valence-electron chi connectivity index (χ1n) is 7.85. The van der Waals surface area contributed by atoms with E-state index in [0.29, 0.717) is 0 Å². The molecule has 1 aromatic carbocycles. The highest BCUT2D eigenvalue weighted by Gasteiger charge is 2.24. The van der Waals surface area contributed by atoms with E-state index in [1.807, 2.05) is 0 Å². The number of quaternary nitrogens is 1. The Morgan fingerprint density at radius 3 is 2.40 bits per heavy atom. The van der Waals surface area contributed by atoms with E-state index < -0.39 is 0 Å². The van der Waals surface area contributed by atoms with Crippen molar-refractivity contribution < 1.29 is 9.64 Å². The zero-order valence-electron chi connectivity index (χ0n) is 12.7. The van der Waals surface area contributed by atoms with Gasteiger partial charge in [-0.15, -0.1) is 0 Å². The standard InChI is InChI=1S/C17H26INO/c1-14-11-15(2)13-19(12-14)9-3-4-10-20-17-7-5-16(18)6-8-17/h5-8,14-15H,3-4,9-13H2,1-2H3/p+1/t14-,15-/m0/s1. The number of hydrogen-bond acceptors (Lipinski definition) is 1. The molecule has 112 valence electrons. The van der Waals surface area contributed by atoms with Gasteiger partial charge in [0.1, 0.15) is 5.75 Å². The highest BCUT2D eigenvalue weighted by atomic mass is 127. The smallest absolute Gasteiger partial charge is 0.119 e. The van der Waals surface area contributed by atoms with Crippen molar-refractivity contribution in [3.05, 3.63) is 27.8 Å². The maximum Gasteiger partial charge on any atom is 0.119 e. The summed E-state index contributed by atoms with van der Waals surface area (Å²) in [5.74, 6) is 2.80. The molecule has 1 heterocycles. The second-order valence-corrected chi connectivity index (χ2v) is 7.61. The van der Waals surface area contributed by atoms with Crippen LogP contribution >= 0.6 is 22.6 Å². The zero-order valence-corrected chi connectivity index (χ0v) is 14.9. The van der Waals surface area contributed by atoms with Gasteiger partial charge in [0.15, 0.2) is 0 Å². The Balaban J connectivity index is 1.58. The molecule has 1 fully saturated rings. The Kier molecular flexibility index (Phi) is 6.62. The molecule has 0 bridgehead atoms. The Morgan fingerprint density at radius 1 is 1.10 bits per heavy atom. The number of hydrogen-bond donors (Lipinski definition) is 1. The maximum absolute atomic E-state index is 5.78. The van der Waals surface area contributed by atoms with Gasteiger partial charge >= 0.3 is 0 Å². The van der Waals surface area contributed by atoms with Crippen LogP contribution in [0.25, 0.3) is 0 Å². The predicted molar refractivity (Wildman–Crippen MR) is 92.4 cm³/mol. The molecule has 1 aliphatic heterocycles. The third-order valence-corrected chi connectivity index (χ3v) is 4.81. The lowest BCUT2D eigenvalue weighted by atomic mass is 9.92. The van der Waals surface area contributed by atoms with Gasteiger partial charge < -0.3 is 9.64 Å². The van der Waals surface area contributed by atoms with Crippen LogP contribution in [0.2, 0.25) is 0 Å². The van der Waals surface area contributed by atoms with Crippen molar-refractivity contribution in [1.82, 2.24) is 0 Å². The summed E-state index contributed by atoms with van der Waals surface area (Å²) in [6.07, 6.45) is 3.86. The van der Waals surface area contributed by atoms with Crippen molar-refractivity contribution in [2.45, 2.75) is 33.1 Å². The third-order valence-electron chi connectivity index (χ3n) is 4.09. The molecule has 0 radical (unpaired) electrons. The molecular weight excluding hydrogens is 361 g/mol. The molecule has 0 aliphatic carbocycles. The summed E-state index contributed by atoms with van der Waals surface area (Å²) in [7, 11) is 0. The maximum atomic E-state index is 5.78. The third kappa shape index (κ3) is 5.60. The number of unbranched alkanes of at least 4 members (excludes halogenated alkanes) is 1. The van der Waals surface area contributed by atoms with E-state index >= 15 is 0 Å². The number of halogens is 1. The Hall–Kier alpha value is -0.290. The van der Waals surface area contributed by atoms with Crippen LogP contribution in [0.1, 0.15) is 33.1 Å². The van der Waals surface area contributed by atoms with Gasteiger partial charge in [-0.05, 0) is 66.1 Å². The summed E-state index contributed by atoms with van der Waals surface area (Å²) in [4.78, 5) is 1.80. The van der Waals surface area contributed by atoms with Crippen molar-refractivity contribution in [2.24, 2.45) is 11.8 Å². The van der Waals surface area contributed by atoms with Crippen LogP contribution in [0.3, 0.4) is 0 Å². The number of likely N-dealkylation sites (tertiary alicyclic amines) is 1. The molecule has 1 N–H and O–H groups in total. The number of rotatable bonds is 6. The van der Waals surface area contributed by atoms with Crippen molar-refractivity contribution in [2.75, 3.05) is 26.2 Å². The monoisotopic (exact) mass is 388 g/mol. The molecule has 0 aromatic heterocycles. The first kappa shape index (κ1) is 16.1. The summed E-state index contributed by atoms with van der Waals surface area (Å²) in [6, 6.07) is 8.30. The second kappa shape index (κ2) is 8.23. The molecule has 20 heavy (non-hydrogen) atoms. The van der Waals surface area contributed by atoms with Gasteiger partial charge in [-0.25, -0.2) is 0 Å². The van der Waals surface area contributed by atoms with Crippen LogP contribution in [0.4, 0.5) is 0 Å². The fraction of sp³-hybridized carbons (Fsp3) is 0.647.